The summed E-state index contributed by atoms with van der Waals surface area (Å²) in [6, 6.07) is 6.99. The molecule has 140 valence electrons. The summed E-state index contributed by atoms with van der Waals surface area (Å²) in [5.41, 5.74) is 0.904. The van der Waals surface area contributed by atoms with E-state index in [4.69, 9.17) is 9.47 Å². The number of halogens is 1. The van der Waals surface area contributed by atoms with E-state index in [1.165, 1.54) is 0 Å². The molecule has 2 amide bonds. The highest BCUT2D eigenvalue weighted by atomic mass is 35.5. The smallest absolute Gasteiger partial charge is 0.257 e. The fourth-order valence-corrected chi connectivity index (χ4v) is 2.47. The first-order valence-corrected chi connectivity index (χ1v) is 8.21. The normalized spacial score (nSPS) is 19.4. The van der Waals surface area contributed by atoms with Gasteiger partial charge in [-0.1, -0.05) is 12.1 Å². The van der Waals surface area contributed by atoms with Gasteiger partial charge in [-0.15, -0.1) is 12.4 Å². The van der Waals surface area contributed by atoms with Gasteiger partial charge in [0.2, 0.25) is 5.91 Å². The van der Waals surface area contributed by atoms with E-state index in [1.807, 2.05) is 32.0 Å². The molecule has 8 heteroatoms. The maximum Gasteiger partial charge on any atom is 0.257 e. The number of carbonyl (C=O) groups excluding carboxylic acids is 2. The number of morpholine rings is 1. The Balaban J connectivity index is 0.00000312. The Bertz CT molecular complexity index is 571. The van der Waals surface area contributed by atoms with E-state index < -0.39 is 0 Å². The summed E-state index contributed by atoms with van der Waals surface area (Å²) in [7, 11) is 0. The van der Waals surface area contributed by atoms with Crippen LogP contribution in [0.4, 0.5) is 0 Å². The van der Waals surface area contributed by atoms with Gasteiger partial charge in [0.1, 0.15) is 11.8 Å². The molecule has 2 atom stereocenters. The summed E-state index contributed by atoms with van der Waals surface area (Å²) in [5, 5.41) is 8.72. The highest BCUT2D eigenvalue weighted by Crippen LogP contribution is 2.13. The fourth-order valence-electron chi connectivity index (χ4n) is 2.47. The summed E-state index contributed by atoms with van der Waals surface area (Å²) in [5.74, 6) is 0.352. The molecule has 1 aliphatic heterocycles. The number of rotatable bonds is 7. The van der Waals surface area contributed by atoms with Gasteiger partial charge in [0.05, 0.1) is 12.7 Å². The molecule has 1 fully saturated rings. The summed E-state index contributed by atoms with van der Waals surface area (Å²) in [4.78, 5) is 23.6. The van der Waals surface area contributed by atoms with Crippen LogP contribution in [-0.2, 0) is 20.9 Å². The van der Waals surface area contributed by atoms with Crippen molar-refractivity contribution >= 4 is 24.2 Å². The van der Waals surface area contributed by atoms with Crippen LogP contribution < -0.4 is 20.7 Å². The molecule has 1 aromatic carbocycles. The first-order chi connectivity index (χ1) is 11.6. The maximum absolute atomic E-state index is 12.2. The van der Waals surface area contributed by atoms with Crippen LogP contribution in [-0.4, -0.2) is 50.3 Å². The zero-order chi connectivity index (χ0) is 17.4. The Labute approximate surface area is 154 Å². The van der Waals surface area contributed by atoms with Crippen LogP contribution in [0.1, 0.15) is 19.4 Å². The van der Waals surface area contributed by atoms with Crippen molar-refractivity contribution in [2.24, 2.45) is 0 Å². The van der Waals surface area contributed by atoms with Crippen LogP contribution in [0.25, 0.3) is 0 Å². The lowest BCUT2D eigenvalue weighted by Crippen LogP contribution is -2.55. The maximum atomic E-state index is 12.2. The molecule has 0 aromatic heterocycles. The van der Waals surface area contributed by atoms with Gasteiger partial charge in [-0.25, -0.2) is 0 Å². The largest absolute Gasteiger partial charge is 0.484 e. The Morgan fingerprint density at radius 3 is 2.88 bits per heavy atom. The van der Waals surface area contributed by atoms with Crippen LogP contribution in [0, 0.1) is 0 Å². The molecule has 0 aliphatic carbocycles. The topological polar surface area (TPSA) is 88.7 Å². The predicted molar refractivity (Wildman–Crippen MR) is 96.9 cm³/mol. The molecule has 0 saturated carbocycles. The van der Waals surface area contributed by atoms with Crippen LogP contribution >= 0.6 is 12.4 Å². The first-order valence-electron chi connectivity index (χ1n) is 8.21. The number of ether oxygens (including phenoxy) is 2. The van der Waals surface area contributed by atoms with Gasteiger partial charge in [0.25, 0.3) is 5.91 Å². The number of carbonyl (C=O) groups is 2. The van der Waals surface area contributed by atoms with Crippen molar-refractivity contribution in [3.63, 3.8) is 0 Å². The van der Waals surface area contributed by atoms with Gasteiger partial charge < -0.3 is 25.4 Å². The molecule has 1 saturated heterocycles. The van der Waals surface area contributed by atoms with Crippen LogP contribution in [0.2, 0.25) is 0 Å². The zero-order valence-corrected chi connectivity index (χ0v) is 15.4. The van der Waals surface area contributed by atoms with Gasteiger partial charge in [-0.05, 0) is 31.5 Å². The van der Waals surface area contributed by atoms with Crippen molar-refractivity contribution in [1.82, 2.24) is 16.0 Å². The van der Waals surface area contributed by atoms with Crippen LogP contribution in [0.3, 0.4) is 0 Å². The molecule has 0 unspecified atom stereocenters. The second kappa shape index (κ2) is 10.9. The van der Waals surface area contributed by atoms with Gasteiger partial charge in [-0.2, -0.15) is 0 Å². The highest BCUT2D eigenvalue weighted by molar-refractivity contribution is 5.85. The van der Waals surface area contributed by atoms with Crippen molar-refractivity contribution < 1.29 is 19.1 Å². The predicted octanol–water partition coefficient (Wildman–Crippen LogP) is 0.616. The lowest BCUT2D eigenvalue weighted by atomic mass is 10.1. The van der Waals surface area contributed by atoms with Crippen molar-refractivity contribution in [3.05, 3.63) is 29.8 Å². The number of likely N-dealkylation sites (N-methyl/N-ethyl adjacent to an activating group) is 1. The highest BCUT2D eigenvalue weighted by Gasteiger charge is 2.27. The molecule has 2 rings (SSSR count). The minimum absolute atomic E-state index is 0. The zero-order valence-electron chi connectivity index (χ0n) is 14.5. The molecular formula is C17H26ClN3O4. The molecule has 7 nitrogen and oxygen atoms in total. The number of amides is 2. The number of hydrogen-bond donors (Lipinski definition) is 3. The number of nitrogens with one attached hydrogen (secondary N) is 3. The van der Waals surface area contributed by atoms with Crippen molar-refractivity contribution in [1.29, 1.82) is 0 Å². The Kier molecular flexibility index (Phi) is 9.26. The van der Waals surface area contributed by atoms with Crippen molar-refractivity contribution in [3.8, 4) is 5.75 Å². The van der Waals surface area contributed by atoms with E-state index >= 15 is 0 Å². The third kappa shape index (κ3) is 6.89. The average molecular weight is 372 g/mol. The summed E-state index contributed by atoms with van der Waals surface area (Å²) < 4.78 is 10.9. The number of benzene rings is 1. The minimum Gasteiger partial charge on any atom is -0.484 e. The summed E-state index contributed by atoms with van der Waals surface area (Å²) in [6.07, 6.45) is -0.148. The summed E-state index contributed by atoms with van der Waals surface area (Å²) >= 11 is 0. The van der Waals surface area contributed by atoms with Crippen molar-refractivity contribution in [2.45, 2.75) is 32.5 Å². The van der Waals surface area contributed by atoms with E-state index in [9.17, 15) is 9.59 Å². The second-order valence-electron chi connectivity index (χ2n) is 5.62. The Morgan fingerprint density at radius 2 is 2.16 bits per heavy atom. The lowest BCUT2D eigenvalue weighted by Gasteiger charge is -2.29. The monoisotopic (exact) mass is 371 g/mol. The van der Waals surface area contributed by atoms with E-state index in [1.54, 1.807) is 6.07 Å². The standard InChI is InChI=1S/C17H25N3O4.ClH/c1-3-18-15(21)11-24-14-6-4-5-13(9-14)10-20-17(22)16-12(2)23-8-7-19-16;/h4-6,9,12,16,19H,3,7-8,10-11H2,1-2H3,(H,18,21)(H,20,22);1H/t12-,16+;/m1./s1. The van der Waals surface area contributed by atoms with Crippen LogP contribution in [0.15, 0.2) is 24.3 Å². The molecule has 25 heavy (non-hydrogen) atoms. The molecule has 0 radical (unpaired) electrons. The van der Waals surface area contributed by atoms with E-state index in [-0.39, 0.29) is 43.0 Å². The van der Waals surface area contributed by atoms with Gasteiger partial charge >= 0.3 is 0 Å². The second-order valence-corrected chi connectivity index (χ2v) is 5.62. The van der Waals surface area contributed by atoms with E-state index in [0.29, 0.717) is 32.0 Å². The van der Waals surface area contributed by atoms with E-state index in [2.05, 4.69) is 16.0 Å². The molecule has 1 aromatic rings. The molecule has 1 heterocycles. The Morgan fingerprint density at radius 1 is 1.36 bits per heavy atom. The SMILES string of the molecule is CCNC(=O)COc1cccc(CNC(=O)[C@H]2NCCO[C@@H]2C)c1.Cl. The first kappa shape index (κ1) is 21.2. The van der Waals surface area contributed by atoms with Crippen LogP contribution in [0.5, 0.6) is 5.75 Å². The quantitative estimate of drug-likeness (QED) is 0.653. The molecule has 3 N–H and O–H groups in total. The van der Waals surface area contributed by atoms with Gasteiger partial charge in [-0.3, -0.25) is 9.59 Å². The van der Waals surface area contributed by atoms with Crippen molar-refractivity contribution in [2.75, 3.05) is 26.3 Å². The molecular weight excluding hydrogens is 346 g/mol. The Hall–Kier alpha value is -1.83. The average Bonchev–Trinajstić information content (AvgIpc) is 2.59. The third-order valence-corrected chi connectivity index (χ3v) is 3.71. The molecule has 0 bridgehead atoms. The van der Waals surface area contributed by atoms with E-state index in [0.717, 1.165) is 5.56 Å². The lowest BCUT2D eigenvalue weighted by molar-refractivity contribution is -0.129. The number of hydrogen-bond acceptors (Lipinski definition) is 5. The molecule has 1 aliphatic rings. The molecule has 0 spiro atoms. The van der Waals surface area contributed by atoms with Gasteiger partial charge in [0.15, 0.2) is 6.61 Å². The fraction of sp³-hybridized carbons (Fsp3) is 0.529. The van der Waals surface area contributed by atoms with Gasteiger partial charge in [0, 0.05) is 19.6 Å². The minimum atomic E-state index is -0.337. The summed E-state index contributed by atoms with van der Waals surface area (Å²) in [6.45, 7) is 5.97. The third-order valence-electron chi connectivity index (χ3n) is 3.71.